The van der Waals surface area contributed by atoms with Gasteiger partial charge in [0.1, 0.15) is 5.75 Å². The smallest absolute Gasteiger partial charge is 0.314 e. The summed E-state index contributed by atoms with van der Waals surface area (Å²) < 4.78 is 10.3. The number of esters is 1. The first-order chi connectivity index (χ1) is 9.17. The number of fused-ring (bicyclic) bond motifs is 2. The van der Waals surface area contributed by atoms with Gasteiger partial charge in [0.2, 0.25) is 0 Å². The Morgan fingerprint density at radius 2 is 2.16 bits per heavy atom. The van der Waals surface area contributed by atoms with Gasteiger partial charge in [0.25, 0.3) is 0 Å². The molecule has 0 radical (unpaired) electrons. The fourth-order valence-electron chi connectivity index (χ4n) is 3.46. The molecule has 0 saturated heterocycles. The normalized spacial score (nSPS) is 28.4. The van der Waals surface area contributed by atoms with Crippen LogP contribution in [0.5, 0.6) is 17.2 Å². The fourth-order valence-corrected chi connectivity index (χ4v) is 3.46. The van der Waals surface area contributed by atoms with Gasteiger partial charge < -0.3 is 14.6 Å². The van der Waals surface area contributed by atoms with E-state index in [1.165, 1.54) is 26.0 Å². The summed E-state index contributed by atoms with van der Waals surface area (Å²) in [6, 6.07) is 4.66. The van der Waals surface area contributed by atoms with Crippen LogP contribution in [0.15, 0.2) is 18.2 Å². The zero-order valence-corrected chi connectivity index (χ0v) is 11.0. The molecule has 1 N–H and O–H groups in total. The molecule has 2 bridgehead atoms. The van der Waals surface area contributed by atoms with Gasteiger partial charge in [-0.3, -0.25) is 4.79 Å². The van der Waals surface area contributed by atoms with Crippen LogP contribution in [-0.4, -0.2) is 18.2 Å². The lowest BCUT2D eigenvalue weighted by Gasteiger charge is -2.19. The summed E-state index contributed by atoms with van der Waals surface area (Å²) in [5, 5.41) is 9.66. The van der Waals surface area contributed by atoms with E-state index in [2.05, 4.69) is 0 Å². The van der Waals surface area contributed by atoms with Gasteiger partial charge in [0, 0.05) is 6.07 Å². The number of phenols is 1. The fraction of sp³-hybridized carbons (Fsp3) is 0.533. The second kappa shape index (κ2) is 4.76. The zero-order chi connectivity index (χ0) is 13.4. The minimum atomic E-state index is -0.156. The van der Waals surface area contributed by atoms with Gasteiger partial charge in [-0.1, -0.05) is 6.42 Å². The van der Waals surface area contributed by atoms with E-state index < -0.39 is 0 Å². The number of hydrogen-bond acceptors (Lipinski definition) is 4. The molecule has 3 unspecified atom stereocenters. The number of rotatable bonds is 3. The van der Waals surface area contributed by atoms with Gasteiger partial charge in [0.05, 0.1) is 13.0 Å². The minimum Gasteiger partial charge on any atom is -0.504 e. The maximum atomic E-state index is 12.1. The summed E-state index contributed by atoms with van der Waals surface area (Å²) in [4.78, 5) is 12.1. The zero-order valence-electron chi connectivity index (χ0n) is 11.0. The van der Waals surface area contributed by atoms with Crippen LogP contribution < -0.4 is 9.47 Å². The average molecular weight is 262 g/mol. The van der Waals surface area contributed by atoms with E-state index in [9.17, 15) is 9.90 Å². The lowest BCUT2D eigenvalue weighted by molar-refractivity contribution is -0.140. The largest absolute Gasteiger partial charge is 0.504 e. The monoisotopic (exact) mass is 262 g/mol. The predicted octanol–water partition coefficient (Wildman–Crippen LogP) is 2.74. The molecule has 4 heteroatoms. The predicted molar refractivity (Wildman–Crippen MR) is 69.2 cm³/mol. The number of methoxy groups -OCH3 is 1. The molecule has 2 aliphatic rings. The second-order valence-electron chi connectivity index (χ2n) is 5.54. The minimum absolute atomic E-state index is 0.0132. The van der Waals surface area contributed by atoms with Gasteiger partial charge in [-0.15, -0.1) is 0 Å². The average Bonchev–Trinajstić information content (AvgIpc) is 3.01. The second-order valence-corrected chi connectivity index (χ2v) is 5.54. The molecule has 1 aromatic rings. The van der Waals surface area contributed by atoms with E-state index in [0.29, 0.717) is 23.3 Å². The van der Waals surface area contributed by atoms with Crippen molar-refractivity contribution < 1.29 is 19.4 Å². The molecule has 0 amide bonds. The number of carbonyl (C=O) groups is 1. The van der Waals surface area contributed by atoms with E-state index in [0.717, 1.165) is 12.8 Å². The highest BCUT2D eigenvalue weighted by Crippen LogP contribution is 2.48. The highest BCUT2D eigenvalue weighted by atomic mass is 16.5. The molecule has 2 saturated carbocycles. The summed E-state index contributed by atoms with van der Waals surface area (Å²) in [6.07, 6.45) is 4.55. The van der Waals surface area contributed by atoms with Gasteiger partial charge in [-0.05, 0) is 43.2 Å². The highest BCUT2D eigenvalue weighted by molar-refractivity contribution is 5.76. The van der Waals surface area contributed by atoms with Crippen molar-refractivity contribution in [3.63, 3.8) is 0 Å². The van der Waals surface area contributed by atoms with Crippen LogP contribution >= 0.6 is 0 Å². The molecule has 1 aromatic carbocycles. The Morgan fingerprint density at radius 1 is 1.32 bits per heavy atom. The highest BCUT2D eigenvalue weighted by Gasteiger charge is 2.44. The van der Waals surface area contributed by atoms with Crippen molar-refractivity contribution in [3.05, 3.63) is 18.2 Å². The molecule has 0 aromatic heterocycles. The Morgan fingerprint density at radius 3 is 2.74 bits per heavy atom. The van der Waals surface area contributed by atoms with E-state index >= 15 is 0 Å². The third kappa shape index (κ3) is 2.27. The Bertz CT molecular complexity index is 497. The lowest BCUT2D eigenvalue weighted by Crippen LogP contribution is -2.25. The van der Waals surface area contributed by atoms with Gasteiger partial charge in [0.15, 0.2) is 11.5 Å². The van der Waals surface area contributed by atoms with Crippen LogP contribution in [0.3, 0.4) is 0 Å². The molecule has 19 heavy (non-hydrogen) atoms. The molecule has 102 valence electrons. The number of hydrogen-bond donors (Lipinski definition) is 1. The summed E-state index contributed by atoms with van der Waals surface area (Å²) in [5.74, 6) is 1.85. The first-order valence-corrected chi connectivity index (χ1v) is 6.76. The van der Waals surface area contributed by atoms with Crippen LogP contribution in [0.1, 0.15) is 25.7 Å². The van der Waals surface area contributed by atoms with Crippen LogP contribution in [0.4, 0.5) is 0 Å². The summed E-state index contributed by atoms with van der Waals surface area (Å²) in [5.41, 5.74) is 0. The van der Waals surface area contributed by atoms with Crippen molar-refractivity contribution >= 4 is 5.97 Å². The number of carbonyl (C=O) groups excluding carboxylic acids is 1. The van der Waals surface area contributed by atoms with Crippen LogP contribution in [0.25, 0.3) is 0 Å². The first kappa shape index (κ1) is 12.3. The van der Waals surface area contributed by atoms with Crippen molar-refractivity contribution in [2.45, 2.75) is 25.7 Å². The molecule has 2 aliphatic carbocycles. The summed E-state index contributed by atoms with van der Waals surface area (Å²) in [7, 11) is 1.48. The Hall–Kier alpha value is -1.71. The molecule has 3 atom stereocenters. The summed E-state index contributed by atoms with van der Waals surface area (Å²) in [6.45, 7) is 0. The molecule has 4 nitrogen and oxygen atoms in total. The van der Waals surface area contributed by atoms with E-state index in [1.54, 1.807) is 12.1 Å². The van der Waals surface area contributed by atoms with Crippen molar-refractivity contribution in [2.75, 3.05) is 7.11 Å². The summed E-state index contributed by atoms with van der Waals surface area (Å²) >= 11 is 0. The molecule has 3 rings (SSSR count). The van der Waals surface area contributed by atoms with Crippen molar-refractivity contribution in [1.29, 1.82) is 0 Å². The Kier molecular flexibility index (Phi) is 3.09. The van der Waals surface area contributed by atoms with Crippen molar-refractivity contribution in [1.82, 2.24) is 0 Å². The quantitative estimate of drug-likeness (QED) is 0.672. The molecular formula is C15H18O4. The lowest BCUT2D eigenvalue weighted by atomic mass is 9.89. The molecule has 0 aliphatic heterocycles. The molecular weight excluding hydrogens is 244 g/mol. The van der Waals surface area contributed by atoms with Crippen molar-refractivity contribution in [3.8, 4) is 17.2 Å². The standard InChI is InChI=1S/C15H18O4/c1-18-14-5-4-11(8-13(14)16)19-15(17)12-7-9-2-3-10(12)6-9/h4-5,8-10,12,16H,2-3,6-7H2,1H3. The SMILES string of the molecule is COc1ccc(OC(=O)C2CC3CCC2C3)cc1O. The van der Waals surface area contributed by atoms with E-state index in [4.69, 9.17) is 9.47 Å². The number of phenolic OH excluding ortho intramolecular Hbond substituents is 1. The number of benzene rings is 1. The van der Waals surface area contributed by atoms with Crippen LogP contribution in [0.2, 0.25) is 0 Å². The van der Waals surface area contributed by atoms with Gasteiger partial charge in [-0.2, -0.15) is 0 Å². The van der Waals surface area contributed by atoms with Gasteiger partial charge >= 0.3 is 5.97 Å². The van der Waals surface area contributed by atoms with E-state index in [-0.39, 0.29) is 17.6 Å². The number of ether oxygens (including phenoxy) is 2. The number of aromatic hydroxyl groups is 1. The molecule has 0 spiro atoms. The van der Waals surface area contributed by atoms with Crippen LogP contribution in [-0.2, 0) is 4.79 Å². The van der Waals surface area contributed by atoms with Crippen molar-refractivity contribution in [2.24, 2.45) is 17.8 Å². The van der Waals surface area contributed by atoms with E-state index in [1.807, 2.05) is 0 Å². The maximum Gasteiger partial charge on any atom is 0.314 e. The topological polar surface area (TPSA) is 55.8 Å². The third-order valence-electron chi connectivity index (χ3n) is 4.41. The molecule has 0 heterocycles. The van der Waals surface area contributed by atoms with Crippen LogP contribution in [0, 0.1) is 17.8 Å². The van der Waals surface area contributed by atoms with Gasteiger partial charge in [-0.25, -0.2) is 0 Å². The maximum absolute atomic E-state index is 12.1. The Labute approximate surface area is 112 Å². The first-order valence-electron chi connectivity index (χ1n) is 6.76. The Balaban J connectivity index is 1.68. The third-order valence-corrected chi connectivity index (χ3v) is 4.41. The molecule has 2 fully saturated rings.